The first-order valence-electron chi connectivity index (χ1n) is 11.4. The standard InChI is InChI=1S/C24H30O3/c1-22-6-3-12(25)9-17(22)13-10-14(13)20-16(22)4-7-23(2)21(20)15-11-18(15)24(23)8-5-19(26)27-24/h9,13-16,18,20-21H,3-8,10-11H2,1-2H3/t13?,14?,15?,16-,18?,20-,21+,22+,23-,24-/m0/s1. The Bertz CT molecular complexity index is 827. The summed E-state index contributed by atoms with van der Waals surface area (Å²) < 4.78 is 6.22. The Hall–Kier alpha value is -1.12. The van der Waals surface area contributed by atoms with Crippen molar-refractivity contribution in [1.82, 2.24) is 0 Å². The van der Waals surface area contributed by atoms with Gasteiger partial charge in [0.25, 0.3) is 0 Å². The molecule has 0 amide bonds. The molecule has 0 aromatic carbocycles. The quantitative estimate of drug-likeness (QED) is 0.600. The van der Waals surface area contributed by atoms with Gasteiger partial charge in [0.1, 0.15) is 5.60 Å². The largest absolute Gasteiger partial charge is 0.458 e. The van der Waals surface area contributed by atoms with Crippen molar-refractivity contribution in [2.75, 3.05) is 0 Å². The summed E-state index contributed by atoms with van der Waals surface area (Å²) in [6.45, 7) is 4.99. The number of carbonyl (C=O) groups is 2. The number of carbonyl (C=O) groups excluding carboxylic acids is 2. The topological polar surface area (TPSA) is 43.4 Å². The molecule has 5 saturated carbocycles. The van der Waals surface area contributed by atoms with E-state index in [2.05, 4.69) is 19.9 Å². The van der Waals surface area contributed by atoms with E-state index in [1.54, 1.807) is 0 Å². The number of hydrogen-bond acceptors (Lipinski definition) is 3. The molecule has 10 atom stereocenters. The maximum atomic E-state index is 12.2. The summed E-state index contributed by atoms with van der Waals surface area (Å²) in [5.41, 5.74) is 1.85. The van der Waals surface area contributed by atoms with Gasteiger partial charge >= 0.3 is 5.97 Å². The second-order valence-corrected chi connectivity index (χ2v) is 11.5. The van der Waals surface area contributed by atoms with Gasteiger partial charge in [-0.1, -0.05) is 19.4 Å². The van der Waals surface area contributed by atoms with E-state index in [1.807, 2.05) is 0 Å². The summed E-state index contributed by atoms with van der Waals surface area (Å²) in [5, 5.41) is 0. The van der Waals surface area contributed by atoms with Crippen LogP contribution in [0, 0.1) is 52.3 Å². The molecule has 0 aromatic rings. The average Bonchev–Trinajstić information content (AvgIpc) is 3.53. The van der Waals surface area contributed by atoms with Crippen molar-refractivity contribution in [3.63, 3.8) is 0 Å². The van der Waals surface area contributed by atoms with Crippen molar-refractivity contribution in [3.05, 3.63) is 11.6 Å². The highest BCUT2D eigenvalue weighted by atomic mass is 16.6. The molecule has 1 spiro atoms. The molecule has 144 valence electrons. The number of hydrogen-bond donors (Lipinski definition) is 0. The SMILES string of the molecule is C[C@]12CCC(=O)C=C1C1CC1[C@@H]1[C@H]3C4CC4[C@@]4(CCC(=O)O4)[C@@]3(C)CC[C@@H]12. The lowest BCUT2D eigenvalue weighted by molar-refractivity contribution is -0.177. The van der Waals surface area contributed by atoms with Crippen LogP contribution in [0.3, 0.4) is 0 Å². The lowest BCUT2D eigenvalue weighted by Crippen LogP contribution is -2.57. The van der Waals surface area contributed by atoms with Crippen molar-refractivity contribution in [2.45, 2.75) is 70.8 Å². The number of ketones is 1. The van der Waals surface area contributed by atoms with Crippen LogP contribution in [0.25, 0.3) is 0 Å². The van der Waals surface area contributed by atoms with E-state index in [-0.39, 0.29) is 22.4 Å². The van der Waals surface area contributed by atoms with Gasteiger partial charge in [-0.25, -0.2) is 0 Å². The Labute approximate surface area is 161 Å². The van der Waals surface area contributed by atoms with Crippen molar-refractivity contribution in [2.24, 2.45) is 52.3 Å². The van der Waals surface area contributed by atoms with Gasteiger partial charge in [-0.3, -0.25) is 9.59 Å². The molecule has 4 unspecified atom stereocenters. The molecule has 3 nitrogen and oxygen atoms in total. The Balaban J connectivity index is 1.33. The third-order valence-corrected chi connectivity index (χ3v) is 10.9. The van der Waals surface area contributed by atoms with Crippen molar-refractivity contribution in [1.29, 1.82) is 0 Å². The number of esters is 1. The number of allylic oxidation sites excluding steroid dienone is 1. The van der Waals surface area contributed by atoms with Gasteiger partial charge in [0.2, 0.25) is 0 Å². The van der Waals surface area contributed by atoms with Crippen molar-refractivity contribution >= 4 is 11.8 Å². The molecule has 7 rings (SSSR count). The third kappa shape index (κ3) is 1.58. The first kappa shape index (κ1) is 15.8. The summed E-state index contributed by atoms with van der Waals surface area (Å²) >= 11 is 0. The fourth-order valence-corrected chi connectivity index (χ4v) is 9.74. The minimum atomic E-state index is -0.131. The average molecular weight is 367 g/mol. The predicted octanol–water partition coefficient (Wildman–Crippen LogP) is 4.31. The molecule has 1 aliphatic heterocycles. The minimum Gasteiger partial charge on any atom is -0.458 e. The molecule has 7 aliphatic rings. The van der Waals surface area contributed by atoms with Crippen LogP contribution < -0.4 is 0 Å². The fraction of sp³-hybridized carbons (Fsp3) is 0.833. The summed E-state index contributed by atoms with van der Waals surface area (Å²) in [6.07, 6.45) is 10.6. The van der Waals surface area contributed by atoms with E-state index in [0.29, 0.717) is 24.0 Å². The minimum absolute atomic E-state index is 0.0561. The van der Waals surface area contributed by atoms with Crippen molar-refractivity contribution in [3.8, 4) is 0 Å². The number of fused-ring (bicyclic) bond motifs is 12. The Kier molecular flexibility index (Phi) is 2.56. The van der Waals surface area contributed by atoms with Crippen LogP contribution in [-0.2, 0) is 14.3 Å². The molecule has 6 aliphatic carbocycles. The first-order chi connectivity index (χ1) is 12.9. The smallest absolute Gasteiger partial charge is 0.306 e. The summed E-state index contributed by atoms with van der Waals surface area (Å²) in [4.78, 5) is 24.3. The highest BCUT2D eigenvalue weighted by Crippen LogP contribution is 2.82. The molecule has 0 radical (unpaired) electrons. The molecule has 6 fully saturated rings. The Morgan fingerprint density at radius 2 is 1.85 bits per heavy atom. The lowest BCUT2D eigenvalue weighted by atomic mass is 9.45. The molecule has 0 bridgehead atoms. The van der Waals surface area contributed by atoms with E-state index < -0.39 is 0 Å². The van der Waals surface area contributed by atoms with Gasteiger partial charge in [-0.2, -0.15) is 0 Å². The molecule has 27 heavy (non-hydrogen) atoms. The molecular formula is C24H30O3. The van der Waals surface area contributed by atoms with Gasteiger partial charge in [0.05, 0.1) is 0 Å². The zero-order valence-corrected chi connectivity index (χ0v) is 16.5. The summed E-state index contributed by atoms with van der Waals surface area (Å²) in [7, 11) is 0. The molecule has 3 heteroatoms. The van der Waals surface area contributed by atoms with Crippen LogP contribution in [0.1, 0.15) is 65.2 Å². The van der Waals surface area contributed by atoms with Gasteiger partial charge in [-0.15, -0.1) is 0 Å². The normalized spacial score (nSPS) is 62.0. The molecule has 1 heterocycles. The van der Waals surface area contributed by atoms with Crippen LogP contribution in [0.15, 0.2) is 11.6 Å². The van der Waals surface area contributed by atoms with Crippen LogP contribution in [0.2, 0.25) is 0 Å². The molecule has 0 aromatic heterocycles. The highest BCUT2D eigenvalue weighted by Gasteiger charge is 2.81. The lowest BCUT2D eigenvalue weighted by Gasteiger charge is -2.60. The van der Waals surface area contributed by atoms with Crippen LogP contribution in [0.4, 0.5) is 0 Å². The zero-order chi connectivity index (χ0) is 18.3. The maximum absolute atomic E-state index is 12.2. The summed E-state index contributed by atoms with van der Waals surface area (Å²) in [6, 6.07) is 0. The monoisotopic (exact) mass is 366 g/mol. The third-order valence-electron chi connectivity index (χ3n) is 10.9. The molecule has 1 saturated heterocycles. The van der Waals surface area contributed by atoms with Gasteiger partial charge in [0.15, 0.2) is 5.78 Å². The zero-order valence-electron chi connectivity index (χ0n) is 16.5. The Morgan fingerprint density at radius 3 is 2.63 bits per heavy atom. The van der Waals surface area contributed by atoms with E-state index in [9.17, 15) is 9.59 Å². The molecule has 0 N–H and O–H groups in total. The van der Waals surface area contributed by atoms with Crippen LogP contribution in [-0.4, -0.2) is 17.4 Å². The highest BCUT2D eigenvalue weighted by molar-refractivity contribution is 5.92. The van der Waals surface area contributed by atoms with Gasteiger partial charge in [-0.05, 0) is 85.5 Å². The first-order valence-corrected chi connectivity index (χ1v) is 11.4. The predicted molar refractivity (Wildman–Crippen MR) is 99.5 cm³/mol. The fourth-order valence-electron chi connectivity index (χ4n) is 9.74. The maximum Gasteiger partial charge on any atom is 0.306 e. The van der Waals surface area contributed by atoms with Crippen LogP contribution >= 0.6 is 0 Å². The molecular weight excluding hydrogens is 336 g/mol. The van der Waals surface area contributed by atoms with E-state index >= 15 is 0 Å². The van der Waals surface area contributed by atoms with Crippen molar-refractivity contribution < 1.29 is 14.3 Å². The van der Waals surface area contributed by atoms with Gasteiger partial charge in [0, 0.05) is 24.2 Å². The second-order valence-electron chi connectivity index (χ2n) is 11.5. The van der Waals surface area contributed by atoms with E-state index in [0.717, 1.165) is 48.9 Å². The summed E-state index contributed by atoms with van der Waals surface area (Å²) in [5.74, 6) is 5.65. The van der Waals surface area contributed by atoms with E-state index in [4.69, 9.17) is 4.74 Å². The second kappa shape index (κ2) is 4.39. The van der Waals surface area contributed by atoms with Gasteiger partial charge < -0.3 is 4.74 Å². The number of ether oxygens (including phenoxy) is 1. The Morgan fingerprint density at radius 1 is 1.00 bits per heavy atom. The van der Waals surface area contributed by atoms with Crippen LogP contribution in [0.5, 0.6) is 0 Å². The van der Waals surface area contributed by atoms with E-state index in [1.165, 1.54) is 31.3 Å². The number of rotatable bonds is 0.